The Morgan fingerprint density at radius 2 is 1.94 bits per heavy atom. The summed E-state index contributed by atoms with van der Waals surface area (Å²) < 4.78 is 0. The van der Waals surface area contributed by atoms with E-state index in [-0.39, 0.29) is 0 Å². The molecule has 5 nitrogen and oxygen atoms in total. The molecule has 0 saturated carbocycles. The molecule has 1 N–H and O–H groups in total. The summed E-state index contributed by atoms with van der Waals surface area (Å²) in [5, 5.41) is 18.9. The van der Waals surface area contributed by atoms with E-state index in [0.717, 1.165) is 16.8 Å². The molecule has 92 valence electrons. The minimum Gasteiger partial charge on any atom is -0.761 e. The Morgan fingerprint density at radius 3 is 2.61 bits per heavy atom. The van der Waals surface area contributed by atoms with E-state index in [1.807, 2.05) is 19.3 Å². The molecule has 0 aliphatic heterocycles. The second-order valence-electron chi connectivity index (χ2n) is 3.96. The third kappa shape index (κ3) is 2.70. The van der Waals surface area contributed by atoms with Gasteiger partial charge in [0.1, 0.15) is 0 Å². The van der Waals surface area contributed by atoms with E-state index in [2.05, 4.69) is 15.2 Å². The molecule has 0 radical (unpaired) electrons. The van der Waals surface area contributed by atoms with Crippen molar-refractivity contribution in [2.45, 2.75) is 13.8 Å². The SMILES string of the molecule is Cc1cnccc1N=Nc1ccc(N[O-])c(C)c1. The van der Waals surface area contributed by atoms with E-state index in [1.165, 1.54) is 0 Å². The van der Waals surface area contributed by atoms with Crippen molar-refractivity contribution in [3.05, 3.63) is 53.0 Å². The lowest BCUT2D eigenvalue weighted by molar-refractivity contribution is 1.17. The lowest BCUT2D eigenvalue weighted by Gasteiger charge is -2.12. The average molecular weight is 241 g/mol. The Balaban J connectivity index is 2.24. The van der Waals surface area contributed by atoms with Gasteiger partial charge >= 0.3 is 0 Å². The lowest BCUT2D eigenvalue weighted by atomic mass is 10.2. The number of hydrogen-bond donors (Lipinski definition) is 1. The van der Waals surface area contributed by atoms with Crippen LogP contribution in [0, 0.1) is 19.1 Å². The number of pyridine rings is 1. The summed E-state index contributed by atoms with van der Waals surface area (Å²) in [5.41, 5.74) is 5.73. The molecule has 0 atom stereocenters. The zero-order valence-electron chi connectivity index (χ0n) is 10.2. The molecule has 2 aromatic rings. The van der Waals surface area contributed by atoms with Crippen molar-refractivity contribution in [1.29, 1.82) is 0 Å². The zero-order valence-corrected chi connectivity index (χ0v) is 10.2. The Hall–Kier alpha value is -2.27. The van der Waals surface area contributed by atoms with Gasteiger partial charge in [0.05, 0.1) is 11.4 Å². The quantitative estimate of drug-likeness (QED) is 0.651. The Morgan fingerprint density at radius 1 is 1.11 bits per heavy atom. The summed E-state index contributed by atoms with van der Waals surface area (Å²) >= 11 is 0. The van der Waals surface area contributed by atoms with Crippen LogP contribution < -0.4 is 5.48 Å². The number of anilines is 1. The predicted molar refractivity (Wildman–Crippen MR) is 71.3 cm³/mol. The summed E-state index contributed by atoms with van der Waals surface area (Å²) in [6, 6.07) is 7.04. The molecule has 1 heterocycles. The van der Waals surface area contributed by atoms with Gasteiger partial charge in [0.2, 0.25) is 0 Å². The first-order chi connectivity index (χ1) is 8.70. The van der Waals surface area contributed by atoms with Gasteiger partial charge in [-0.1, -0.05) is 0 Å². The number of aryl methyl sites for hydroxylation is 2. The summed E-state index contributed by atoms with van der Waals surface area (Å²) in [7, 11) is 0. The van der Waals surface area contributed by atoms with E-state index >= 15 is 0 Å². The van der Waals surface area contributed by atoms with Crippen LogP contribution in [0.5, 0.6) is 0 Å². The van der Waals surface area contributed by atoms with Gasteiger partial charge in [-0.25, -0.2) is 0 Å². The van der Waals surface area contributed by atoms with Crippen molar-refractivity contribution in [1.82, 2.24) is 4.98 Å². The minimum absolute atomic E-state index is 0.550. The fraction of sp³-hybridized carbons (Fsp3) is 0.154. The van der Waals surface area contributed by atoms with Gasteiger partial charge < -0.3 is 10.7 Å². The van der Waals surface area contributed by atoms with Crippen LogP contribution in [0.15, 0.2) is 46.9 Å². The summed E-state index contributed by atoms with van der Waals surface area (Å²) in [6.45, 7) is 3.77. The van der Waals surface area contributed by atoms with Gasteiger partial charge in [0, 0.05) is 18.1 Å². The van der Waals surface area contributed by atoms with E-state index in [1.54, 1.807) is 36.7 Å². The molecule has 0 aliphatic carbocycles. The number of nitrogens with one attached hydrogen (secondary N) is 1. The molecular formula is C13H13N4O-. The van der Waals surface area contributed by atoms with Crippen molar-refractivity contribution in [2.75, 3.05) is 5.48 Å². The van der Waals surface area contributed by atoms with Crippen molar-refractivity contribution in [3.63, 3.8) is 0 Å². The van der Waals surface area contributed by atoms with E-state index in [0.29, 0.717) is 11.4 Å². The number of azo groups is 1. The second kappa shape index (κ2) is 5.37. The third-order valence-electron chi connectivity index (χ3n) is 2.58. The van der Waals surface area contributed by atoms with Gasteiger partial charge in [0.25, 0.3) is 0 Å². The van der Waals surface area contributed by atoms with Crippen LogP contribution in [-0.4, -0.2) is 4.98 Å². The van der Waals surface area contributed by atoms with Gasteiger partial charge in [-0.15, -0.1) is 0 Å². The van der Waals surface area contributed by atoms with Crippen molar-refractivity contribution >= 4 is 17.1 Å². The van der Waals surface area contributed by atoms with Crippen LogP contribution in [0.1, 0.15) is 11.1 Å². The maximum Gasteiger partial charge on any atom is 0.0916 e. The van der Waals surface area contributed by atoms with Crippen molar-refractivity contribution < 1.29 is 0 Å². The highest BCUT2D eigenvalue weighted by atomic mass is 16.5. The molecule has 0 fully saturated rings. The summed E-state index contributed by atoms with van der Waals surface area (Å²) in [4.78, 5) is 3.99. The van der Waals surface area contributed by atoms with E-state index < -0.39 is 0 Å². The number of rotatable bonds is 3. The predicted octanol–water partition coefficient (Wildman–Crippen LogP) is 4.02. The molecule has 2 rings (SSSR count). The lowest BCUT2D eigenvalue weighted by Crippen LogP contribution is -1.87. The molecule has 5 heteroatoms. The monoisotopic (exact) mass is 241 g/mol. The highest BCUT2D eigenvalue weighted by molar-refractivity contribution is 5.57. The fourth-order valence-electron chi connectivity index (χ4n) is 1.51. The van der Waals surface area contributed by atoms with Crippen molar-refractivity contribution in [3.8, 4) is 0 Å². The highest BCUT2D eigenvalue weighted by Crippen LogP contribution is 2.24. The van der Waals surface area contributed by atoms with E-state index in [4.69, 9.17) is 0 Å². The van der Waals surface area contributed by atoms with Gasteiger partial charge in [-0.3, -0.25) is 4.98 Å². The Labute approximate surface area is 105 Å². The molecule has 0 aliphatic rings. The number of nitrogens with zero attached hydrogens (tertiary/aromatic N) is 3. The topological polar surface area (TPSA) is 72.7 Å². The largest absolute Gasteiger partial charge is 0.761 e. The maximum atomic E-state index is 10.6. The van der Waals surface area contributed by atoms with Gasteiger partial charge in [0.15, 0.2) is 0 Å². The molecule has 0 bridgehead atoms. The Kier molecular flexibility index (Phi) is 3.64. The Bertz CT molecular complexity index is 581. The molecule has 0 spiro atoms. The standard InChI is InChI=1S/C13H13N4O/c1-9-7-11(3-4-13(9)17-18)15-16-12-5-6-14-8-10(12)2/h3-8,17H,1-2H3/q-1. The van der Waals surface area contributed by atoms with Crippen molar-refractivity contribution in [2.24, 2.45) is 10.2 Å². The number of aromatic nitrogens is 1. The average Bonchev–Trinajstić information content (AvgIpc) is 2.38. The molecule has 0 amide bonds. The van der Waals surface area contributed by atoms with Gasteiger partial charge in [-0.05, 0) is 49.2 Å². The molecule has 0 unspecified atom stereocenters. The van der Waals surface area contributed by atoms with Crippen LogP contribution in [0.3, 0.4) is 0 Å². The highest BCUT2D eigenvalue weighted by Gasteiger charge is 1.97. The third-order valence-corrected chi connectivity index (χ3v) is 2.58. The minimum atomic E-state index is 0.550. The fourth-order valence-corrected chi connectivity index (χ4v) is 1.51. The van der Waals surface area contributed by atoms with Crippen LogP contribution in [-0.2, 0) is 0 Å². The molecule has 1 aromatic heterocycles. The first kappa shape index (κ1) is 12.2. The number of benzene rings is 1. The zero-order chi connectivity index (χ0) is 13.0. The molecule has 18 heavy (non-hydrogen) atoms. The van der Waals surface area contributed by atoms with Crippen LogP contribution in [0.25, 0.3) is 0 Å². The summed E-state index contributed by atoms with van der Waals surface area (Å²) in [5.74, 6) is 0. The van der Waals surface area contributed by atoms with Crippen LogP contribution in [0.2, 0.25) is 0 Å². The molecule has 1 aromatic carbocycles. The number of hydrogen-bond acceptors (Lipinski definition) is 5. The first-order valence-corrected chi connectivity index (χ1v) is 5.52. The second-order valence-corrected chi connectivity index (χ2v) is 3.96. The van der Waals surface area contributed by atoms with Crippen LogP contribution >= 0.6 is 0 Å². The van der Waals surface area contributed by atoms with Crippen LogP contribution in [0.4, 0.5) is 17.1 Å². The smallest absolute Gasteiger partial charge is 0.0916 e. The normalized spacial score (nSPS) is 10.8. The van der Waals surface area contributed by atoms with Gasteiger partial charge in [-0.2, -0.15) is 10.2 Å². The summed E-state index contributed by atoms with van der Waals surface area (Å²) in [6.07, 6.45) is 3.42. The first-order valence-electron chi connectivity index (χ1n) is 5.52. The molecule has 0 saturated heterocycles. The maximum absolute atomic E-state index is 10.6. The molecular weight excluding hydrogens is 228 g/mol. The van der Waals surface area contributed by atoms with E-state index in [9.17, 15) is 5.21 Å².